The van der Waals surface area contributed by atoms with Crippen molar-refractivity contribution in [2.24, 2.45) is 0 Å². The highest BCUT2D eigenvalue weighted by Gasteiger charge is 2.12. The highest BCUT2D eigenvalue weighted by Crippen LogP contribution is 2.22. The van der Waals surface area contributed by atoms with Gasteiger partial charge in [0, 0.05) is 23.2 Å². The number of nitro groups is 1. The van der Waals surface area contributed by atoms with Crippen LogP contribution in [0.15, 0.2) is 30.5 Å². The van der Waals surface area contributed by atoms with Crippen molar-refractivity contribution in [3.05, 3.63) is 46.4 Å². The number of rotatable bonds is 4. The number of aromatic amines is 1. The summed E-state index contributed by atoms with van der Waals surface area (Å²) in [5, 5.41) is 14.1. The molecule has 6 heteroatoms. The number of nitrogens with one attached hydrogen (secondary N) is 2. The number of hydrogen-bond acceptors (Lipinski definition) is 4. The quantitative estimate of drug-likeness (QED) is 0.663. The summed E-state index contributed by atoms with van der Waals surface area (Å²) in [5.41, 5.74) is 1.62. The number of imidazole rings is 1. The number of hydrogen-bond donors (Lipinski definition) is 2. The maximum atomic E-state index is 10.8. The van der Waals surface area contributed by atoms with Crippen molar-refractivity contribution in [3.63, 3.8) is 0 Å². The third-order valence-corrected chi connectivity index (χ3v) is 2.78. The van der Waals surface area contributed by atoms with E-state index < -0.39 is 4.92 Å². The molecule has 106 valence electrons. The second kappa shape index (κ2) is 5.42. The molecule has 0 aliphatic rings. The zero-order valence-corrected chi connectivity index (χ0v) is 11.8. The van der Waals surface area contributed by atoms with E-state index in [0.29, 0.717) is 6.54 Å². The van der Waals surface area contributed by atoms with Gasteiger partial charge in [-0.1, -0.05) is 12.1 Å². The molecule has 0 radical (unpaired) electrons. The predicted molar refractivity (Wildman–Crippen MR) is 77.3 cm³/mol. The molecule has 0 amide bonds. The van der Waals surface area contributed by atoms with Crippen molar-refractivity contribution in [2.45, 2.75) is 32.9 Å². The zero-order chi connectivity index (χ0) is 14.8. The molecule has 6 nitrogen and oxygen atoms in total. The average molecular weight is 274 g/mol. The van der Waals surface area contributed by atoms with Gasteiger partial charge in [-0.2, -0.15) is 0 Å². The summed E-state index contributed by atoms with van der Waals surface area (Å²) in [6, 6.07) is 6.50. The van der Waals surface area contributed by atoms with Crippen molar-refractivity contribution in [3.8, 4) is 11.3 Å². The van der Waals surface area contributed by atoms with Crippen LogP contribution in [0.5, 0.6) is 0 Å². The summed E-state index contributed by atoms with van der Waals surface area (Å²) in [6.07, 6.45) is 1.69. The van der Waals surface area contributed by atoms with Crippen molar-refractivity contribution in [1.82, 2.24) is 15.3 Å². The second-order valence-electron chi connectivity index (χ2n) is 5.65. The SMILES string of the molecule is CC(C)(C)NCc1ncc(-c2cccc([N+](=O)[O-])c2)[nH]1. The molecule has 0 saturated heterocycles. The summed E-state index contributed by atoms with van der Waals surface area (Å²) >= 11 is 0. The summed E-state index contributed by atoms with van der Waals surface area (Å²) in [4.78, 5) is 17.8. The van der Waals surface area contributed by atoms with Gasteiger partial charge in [0.1, 0.15) is 5.82 Å². The number of benzene rings is 1. The first kappa shape index (κ1) is 14.2. The van der Waals surface area contributed by atoms with E-state index in [1.807, 2.05) is 6.07 Å². The smallest absolute Gasteiger partial charge is 0.270 e. The van der Waals surface area contributed by atoms with Gasteiger partial charge in [-0.25, -0.2) is 4.98 Å². The highest BCUT2D eigenvalue weighted by molar-refractivity contribution is 5.61. The molecule has 1 aromatic carbocycles. The Hall–Kier alpha value is -2.21. The van der Waals surface area contributed by atoms with Gasteiger partial charge in [0.25, 0.3) is 5.69 Å². The van der Waals surface area contributed by atoms with E-state index in [2.05, 4.69) is 36.1 Å². The topological polar surface area (TPSA) is 83.8 Å². The molecule has 2 N–H and O–H groups in total. The number of nitrogens with zero attached hydrogens (tertiary/aromatic N) is 2. The Morgan fingerprint density at radius 3 is 2.80 bits per heavy atom. The molecule has 0 spiro atoms. The Morgan fingerprint density at radius 2 is 2.15 bits per heavy atom. The van der Waals surface area contributed by atoms with Gasteiger partial charge in [-0.15, -0.1) is 0 Å². The van der Waals surface area contributed by atoms with Crippen LogP contribution in [0.1, 0.15) is 26.6 Å². The Balaban J connectivity index is 2.16. The molecule has 1 heterocycles. The molecular formula is C14H18N4O2. The van der Waals surface area contributed by atoms with Crippen LogP contribution in [0, 0.1) is 10.1 Å². The van der Waals surface area contributed by atoms with Gasteiger partial charge in [0.15, 0.2) is 0 Å². The van der Waals surface area contributed by atoms with E-state index in [1.165, 1.54) is 12.1 Å². The van der Waals surface area contributed by atoms with Crippen LogP contribution in [-0.4, -0.2) is 20.4 Å². The Labute approximate surface area is 117 Å². The van der Waals surface area contributed by atoms with Gasteiger partial charge in [0.05, 0.1) is 23.4 Å². The number of nitro benzene ring substituents is 1. The minimum absolute atomic E-state index is 0.0124. The molecular weight excluding hydrogens is 256 g/mol. The highest BCUT2D eigenvalue weighted by atomic mass is 16.6. The lowest BCUT2D eigenvalue weighted by Gasteiger charge is -2.19. The van der Waals surface area contributed by atoms with Crippen LogP contribution in [0.25, 0.3) is 11.3 Å². The van der Waals surface area contributed by atoms with E-state index in [0.717, 1.165) is 17.1 Å². The van der Waals surface area contributed by atoms with E-state index in [4.69, 9.17) is 0 Å². The van der Waals surface area contributed by atoms with Crippen molar-refractivity contribution < 1.29 is 4.92 Å². The van der Waals surface area contributed by atoms with Gasteiger partial charge in [-0.05, 0) is 20.8 Å². The lowest BCUT2D eigenvalue weighted by atomic mass is 10.1. The molecule has 20 heavy (non-hydrogen) atoms. The number of non-ortho nitro benzene ring substituents is 1. The van der Waals surface area contributed by atoms with Crippen LogP contribution >= 0.6 is 0 Å². The third kappa shape index (κ3) is 3.64. The molecule has 0 saturated carbocycles. The van der Waals surface area contributed by atoms with Gasteiger partial charge < -0.3 is 10.3 Å². The van der Waals surface area contributed by atoms with Crippen LogP contribution in [0.2, 0.25) is 0 Å². The first-order valence-corrected chi connectivity index (χ1v) is 6.39. The van der Waals surface area contributed by atoms with Gasteiger partial charge in [-0.3, -0.25) is 10.1 Å². The second-order valence-corrected chi connectivity index (χ2v) is 5.65. The Kier molecular flexibility index (Phi) is 3.85. The van der Waals surface area contributed by atoms with E-state index in [-0.39, 0.29) is 11.2 Å². The number of aromatic nitrogens is 2. The monoisotopic (exact) mass is 274 g/mol. The van der Waals surface area contributed by atoms with Gasteiger partial charge in [0.2, 0.25) is 0 Å². The maximum Gasteiger partial charge on any atom is 0.270 e. The minimum atomic E-state index is -0.401. The maximum absolute atomic E-state index is 10.8. The van der Waals surface area contributed by atoms with Crippen molar-refractivity contribution in [1.29, 1.82) is 0 Å². The van der Waals surface area contributed by atoms with Gasteiger partial charge >= 0.3 is 0 Å². The molecule has 0 aliphatic heterocycles. The van der Waals surface area contributed by atoms with E-state index >= 15 is 0 Å². The predicted octanol–water partition coefficient (Wildman–Crippen LogP) is 2.87. The molecule has 0 atom stereocenters. The molecule has 0 unspecified atom stereocenters. The van der Waals surface area contributed by atoms with Crippen LogP contribution in [0.3, 0.4) is 0 Å². The summed E-state index contributed by atoms with van der Waals surface area (Å²) in [7, 11) is 0. The summed E-state index contributed by atoms with van der Waals surface area (Å²) in [5.74, 6) is 0.807. The minimum Gasteiger partial charge on any atom is -0.341 e. The molecule has 2 aromatic rings. The average Bonchev–Trinajstić information content (AvgIpc) is 2.84. The van der Waals surface area contributed by atoms with Crippen molar-refractivity contribution >= 4 is 5.69 Å². The van der Waals surface area contributed by atoms with Crippen LogP contribution in [0.4, 0.5) is 5.69 Å². The van der Waals surface area contributed by atoms with Crippen LogP contribution < -0.4 is 5.32 Å². The first-order valence-electron chi connectivity index (χ1n) is 6.39. The Bertz CT molecular complexity index is 614. The lowest BCUT2D eigenvalue weighted by Crippen LogP contribution is -2.35. The lowest BCUT2D eigenvalue weighted by molar-refractivity contribution is -0.384. The Morgan fingerprint density at radius 1 is 1.40 bits per heavy atom. The fourth-order valence-electron chi connectivity index (χ4n) is 1.73. The standard InChI is InChI=1S/C14H18N4O2/c1-14(2,3)16-9-13-15-8-12(17-13)10-5-4-6-11(7-10)18(19)20/h4-8,16H,9H2,1-3H3,(H,15,17). The zero-order valence-electron chi connectivity index (χ0n) is 11.8. The molecule has 1 aromatic heterocycles. The summed E-state index contributed by atoms with van der Waals surface area (Å²) in [6.45, 7) is 6.87. The molecule has 0 bridgehead atoms. The molecule has 2 rings (SSSR count). The fourth-order valence-corrected chi connectivity index (χ4v) is 1.73. The van der Waals surface area contributed by atoms with E-state index in [9.17, 15) is 10.1 Å². The third-order valence-electron chi connectivity index (χ3n) is 2.78. The molecule has 0 fully saturated rings. The number of H-pyrrole nitrogens is 1. The van der Waals surface area contributed by atoms with Crippen LogP contribution in [-0.2, 0) is 6.54 Å². The fraction of sp³-hybridized carbons (Fsp3) is 0.357. The summed E-state index contributed by atoms with van der Waals surface area (Å²) < 4.78 is 0. The van der Waals surface area contributed by atoms with Crippen molar-refractivity contribution in [2.75, 3.05) is 0 Å². The van der Waals surface area contributed by atoms with E-state index in [1.54, 1.807) is 12.3 Å². The normalized spacial score (nSPS) is 11.6. The largest absolute Gasteiger partial charge is 0.341 e. The first-order chi connectivity index (χ1) is 9.35. The molecule has 0 aliphatic carbocycles.